The van der Waals surface area contributed by atoms with Crippen LogP contribution in [0.3, 0.4) is 0 Å². The molecule has 5 amide bonds. The first-order valence-electron chi connectivity index (χ1n) is 34.5. The van der Waals surface area contributed by atoms with E-state index in [0.29, 0.717) is 137 Å². The molecule has 0 atom stereocenters. The van der Waals surface area contributed by atoms with Gasteiger partial charge < -0.3 is 49.8 Å². The fraction of sp³-hybridized carbons (Fsp3) is 0.453. The highest BCUT2D eigenvalue weighted by atomic mass is 35.5. The van der Waals surface area contributed by atoms with Crippen molar-refractivity contribution in [3.8, 4) is 17.1 Å². The van der Waals surface area contributed by atoms with Crippen LogP contribution in [0.5, 0.6) is 0 Å². The second-order valence-electron chi connectivity index (χ2n) is 26.8. The molecule has 3 aliphatic rings. The zero-order valence-electron chi connectivity index (χ0n) is 59.1. The molecule has 3 aliphatic heterocycles. The largest absolute Gasteiger partial charge is 0.379 e. The number of likely N-dealkylation sites (N-methyl/N-ethyl adjacent to an activating group) is 2. The first-order valence-corrected chi connectivity index (χ1v) is 36.7. The van der Waals surface area contributed by atoms with Gasteiger partial charge >= 0.3 is 0 Å². The molecule has 1 fully saturated rings. The lowest BCUT2D eigenvalue weighted by Gasteiger charge is -2.33. The van der Waals surface area contributed by atoms with Crippen LogP contribution in [0.15, 0.2) is 132 Å². The first kappa shape index (κ1) is 76.8. The van der Waals surface area contributed by atoms with Crippen LogP contribution in [0, 0.1) is 6.92 Å². The number of nitrogens with one attached hydrogen (secondary N) is 3. The third kappa shape index (κ3) is 20.1. The van der Waals surface area contributed by atoms with Gasteiger partial charge in [-0.3, -0.25) is 33.1 Å². The van der Waals surface area contributed by atoms with Gasteiger partial charge in [-0.1, -0.05) is 91.5 Å². The lowest BCUT2D eigenvalue weighted by molar-refractivity contribution is -0.401. The number of ether oxygens (including phenoxy) is 3. The van der Waals surface area contributed by atoms with Crippen LogP contribution in [0.1, 0.15) is 109 Å². The van der Waals surface area contributed by atoms with Crippen LogP contribution >= 0.6 is 23.2 Å². The predicted molar refractivity (Wildman–Crippen MR) is 394 cm³/mol. The van der Waals surface area contributed by atoms with Crippen LogP contribution in [0.2, 0.25) is 10.0 Å². The summed E-state index contributed by atoms with van der Waals surface area (Å²) >= 11 is 12.9. The van der Waals surface area contributed by atoms with Gasteiger partial charge in [0.2, 0.25) is 35.2 Å². The van der Waals surface area contributed by atoms with E-state index in [1.54, 1.807) is 26.2 Å². The summed E-state index contributed by atoms with van der Waals surface area (Å²) in [5.41, 5.74) is 9.58. The number of carbonyl (C=O) groups excluding carboxylic acids is 5. The van der Waals surface area contributed by atoms with Gasteiger partial charge in [0.25, 0.3) is 10.1 Å². The highest BCUT2D eigenvalue weighted by Gasteiger charge is 2.44. The van der Waals surface area contributed by atoms with Gasteiger partial charge in [0.1, 0.15) is 19.2 Å². The van der Waals surface area contributed by atoms with E-state index in [0.717, 1.165) is 47.6 Å². The number of hydrogen-bond donors (Lipinski definition) is 4. The molecule has 4 aromatic carbocycles. The number of allylic oxidation sites excluding steroid dienone is 6. The number of rotatable bonds is 35. The van der Waals surface area contributed by atoms with Gasteiger partial charge in [0.05, 0.1) is 54.9 Å². The van der Waals surface area contributed by atoms with E-state index >= 15 is 0 Å². The molecule has 23 nitrogen and oxygen atoms in total. The van der Waals surface area contributed by atoms with Crippen molar-refractivity contribution in [2.75, 3.05) is 116 Å². The van der Waals surface area contributed by atoms with Crippen LogP contribution in [-0.2, 0) is 59.1 Å². The fourth-order valence-electron chi connectivity index (χ4n) is 13.1. The molecule has 540 valence electrons. The van der Waals surface area contributed by atoms with Crippen molar-refractivity contribution in [3.05, 3.63) is 154 Å². The highest BCUT2D eigenvalue weighted by molar-refractivity contribution is 7.85. The topological polar surface area (TPSA) is 263 Å². The lowest BCUT2D eigenvalue weighted by Crippen LogP contribution is -2.45. The zero-order chi connectivity index (χ0) is 72.4. The second-order valence-corrected chi connectivity index (χ2v) is 29.1. The van der Waals surface area contributed by atoms with Crippen molar-refractivity contribution in [2.24, 2.45) is 0 Å². The molecule has 2 aromatic heterocycles. The maximum Gasteiger partial charge on any atom is 0.294 e. The fourth-order valence-corrected chi connectivity index (χ4v) is 13.9. The molecule has 9 rings (SSSR count). The molecular weight excluding hydrogens is 1350 g/mol. The number of anilines is 2. The average Bonchev–Trinajstić information content (AvgIpc) is 1.62. The van der Waals surface area contributed by atoms with Gasteiger partial charge in [-0.15, -0.1) is 0 Å². The van der Waals surface area contributed by atoms with Crippen molar-refractivity contribution in [1.29, 1.82) is 0 Å². The molecule has 0 unspecified atom stereocenters. The van der Waals surface area contributed by atoms with Crippen molar-refractivity contribution < 1.29 is 55.7 Å². The summed E-state index contributed by atoms with van der Waals surface area (Å²) in [6, 6.07) is 26.2. The number of aromatic nitrogens is 4. The molecule has 1 saturated heterocycles. The highest BCUT2D eigenvalue weighted by Crippen LogP contribution is 2.48. The molecule has 4 N–H and O–H groups in total. The number of piperidine rings is 1. The summed E-state index contributed by atoms with van der Waals surface area (Å²) in [5.74, 6) is 0.150. The van der Waals surface area contributed by atoms with Crippen molar-refractivity contribution in [1.82, 2.24) is 45.3 Å². The minimum absolute atomic E-state index is 0.00155. The minimum atomic E-state index is -4.34. The average molecular weight is 1440 g/mol. The second kappa shape index (κ2) is 35.5. The van der Waals surface area contributed by atoms with Crippen LogP contribution < -0.4 is 25.8 Å². The Labute approximate surface area is 602 Å². The Bertz CT molecular complexity index is 4190. The SMILES string of the molecule is Cc1ccc2c(c1)C(C)(C)\C(=C/C=C/C=C/C1=[N+](C)c3ccc(S(=O)(=O)O)cc3C1(C)C)N2CCCCCC(=O)N(C)CC(=O)NCCCOCCOCCOCCCNC(=O)CN(C)C(=O)CCC(=O)NC1CCN(c2ncnc3c2nc(-c2ccccc2Cl)n3-c2ccc(Cl)cc2)CC1. The van der Waals surface area contributed by atoms with Crippen LogP contribution in [0.25, 0.3) is 28.2 Å². The quantitative estimate of drug-likeness (QED) is 0.0125. The van der Waals surface area contributed by atoms with Crippen molar-refractivity contribution in [3.63, 3.8) is 0 Å². The van der Waals surface area contributed by atoms with E-state index in [1.165, 1.54) is 44.7 Å². The van der Waals surface area contributed by atoms with Crippen molar-refractivity contribution >= 4 is 96.9 Å². The maximum absolute atomic E-state index is 13.1. The van der Waals surface area contributed by atoms with E-state index in [1.807, 2.05) is 96.8 Å². The number of benzene rings is 4. The number of imidazole rings is 1. The number of nitrogens with zero attached hydrogens (tertiary/aromatic N) is 9. The number of hydrogen-bond acceptors (Lipinski definition) is 15. The van der Waals surface area contributed by atoms with E-state index in [9.17, 15) is 36.9 Å². The Morgan fingerprint density at radius 2 is 1.36 bits per heavy atom. The van der Waals surface area contributed by atoms with E-state index in [2.05, 4.69) is 86.8 Å². The van der Waals surface area contributed by atoms with Gasteiger partial charge in [-0.25, -0.2) is 15.0 Å². The summed E-state index contributed by atoms with van der Waals surface area (Å²) < 4.78 is 54.4. The smallest absolute Gasteiger partial charge is 0.294 e. The monoisotopic (exact) mass is 1440 g/mol. The van der Waals surface area contributed by atoms with Gasteiger partial charge in [-0.05, 0) is 126 Å². The number of unbranched alkanes of at least 4 members (excludes halogenated alkanes) is 2. The Hall–Kier alpha value is -8.36. The normalized spacial score (nSPS) is 15.5. The third-order valence-electron chi connectivity index (χ3n) is 18.6. The number of amides is 5. The Morgan fingerprint density at radius 1 is 0.713 bits per heavy atom. The molecule has 0 spiro atoms. The van der Waals surface area contributed by atoms with Gasteiger partial charge in [0.15, 0.2) is 22.7 Å². The summed E-state index contributed by atoms with van der Waals surface area (Å²) in [5, 5.41) is 9.92. The van der Waals surface area contributed by atoms with Crippen LogP contribution in [-0.4, -0.2) is 195 Å². The number of fused-ring (bicyclic) bond motifs is 3. The first-order chi connectivity index (χ1) is 48.3. The molecular formula is C75H95Cl2N12O11S+. The molecule has 0 bridgehead atoms. The summed E-state index contributed by atoms with van der Waals surface area (Å²) in [4.78, 5) is 85.9. The number of halogens is 2. The third-order valence-corrected chi connectivity index (χ3v) is 20.1. The Morgan fingerprint density at radius 3 is 2.01 bits per heavy atom. The number of aryl methyl sites for hydroxylation is 1. The van der Waals surface area contributed by atoms with Gasteiger partial charge in [0, 0.05) is 136 Å². The van der Waals surface area contributed by atoms with E-state index in [-0.39, 0.29) is 71.8 Å². The van der Waals surface area contributed by atoms with Crippen LogP contribution in [0.4, 0.5) is 17.2 Å². The lowest BCUT2D eigenvalue weighted by atomic mass is 9.81. The Balaban J connectivity index is 0.564. The molecule has 101 heavy (non-hydrogen) atoms. The zero-order valence-corrected chi connectivity index (χ0v) is 61.4. The molecule has 0 aliphatic carbocycles. The molecule has 5 heterocycles. The van der Waals surface area contributed by atoms with Crippen molar-refractivity contribution in [2.45, 2.75) is 121 Å². The standard InChI is InChI=1S/C75H94Cl2N12O11S/c1-52-24-30-62-58(47-52)75(4,5)64(22-12-9-11-21-63-74(2,3)59-48-56(101(95,96)97)29-31-61(59)86(63)8)88(62)38-16-10-13-23-68(93)84(6)49-66(91)78-36-17-41-98-43-45-100-46-44-99-42-18-37-79-67(92)50-85(7)69(94)33-32-65(90)82-54-34-39-87(40-35-54)72-70-73(81-51-80-72)89(55-27-25-53(76)26-28-55)71(83-70)57-19-14-15-20-60(57)77/h9,11-12,14-15,19-22,24-31,47-48,51,54H,10,13,16-18,23,32-46,49-50H2,1-8H3,(H3-,78,79,82,90,91,92,95,96,97)/p+1. The predicted octanol–water partition coefficient (Wildman–Crippen LogP) is 10.2. The molecule has 6 aromatic rings. The summed E-state index contributed by atoms with van der Waals surface area (Å²) in [6.07, 6.45) is 17.0. The maximum atomic E-state index is 13.1. The van der Waals surface area contributed by atoms with Gasteiger partial charge in [-0.2, -0.15) is 13.0 Å². The Kier molecular flexibility index (Phi) is 27.0. The number of carbonyl (C=O) groups is 5. The van der Waals surface area contributed by atoms with E-state index < -0.39 is 15.5 Å². The van der Waals surface area contributed by atoms with E-state index in [4.69, 9.17) is 42.4 Å². The molecule has 0 radical (unpaired) electrons. The molecule has 0 saturated carbocycles. The summed E-state index contributed by atoms with van der Waals surface area (Å²) in [6.45, 7) is 15.6. The summed E-state index contributed by atoms with van der Waals surface area (Å²) in [7, 11) is 0.816. The molecule has 26 heteroatoms. The minimum Gasteiger partial charge on any atom is -0.379 e.